The predicted octanol–water partition coefficient (Wildman–Crippen LogP) is 6.53. The largest absolute Gasteiger partial charge is 0.272 e. The maximum atomic E-state index is 12.5. The lowest BCUT2D eigenvalue weighted by molar-refractivity contribution is -0.118. The fourth-order valence-corrected chi connectivity index (χ4v) is 4.22. The third kappa shape index (κ3) is 5.80. The van der Waals surface area contributed by atoms with E-state index in [0.717, 1.165) is 16.8 Å². The molecule has 1 heterocycles. The normalized spacial score (nSPS) is 11.5. The van der Waals surface area contributed by atoms with Crippen LogP contribution < -0.4 is 5.43 Å². The van der Waals surface area contributed by atoms with Crippen LogP contribution in [-0.4, -0.2) is 32.1 Å². The summed E-state index contributed by atoms with van der Waals surface area (Å²) in [5.41, 5.74) is 5.68. The molecule has 1 aromatic heterocycles. The van der Waals surface area contributed by atoms with Gasteiger partial charge in [-0.3, -0.25) is 9.36 Å². The van der Waals surface area contributed by atoms with Crippen LogP contribution in [0.3, 0.4) is 0 Å². The Morgan fingerprint density at radius 3 is 2.41 bits per heavy atom. The molecular formula is C24H18Cl3N5OS. The van der Waals surface area contributed by atoms with Gasteiger partial charge in [0.05, 0.1) is 21.5 Å². The summed E-state index contributed by atoms with van der Waals surface area (Å²) in [5.74, 6) is 0.481. The van der Waals surface area contributed by atoms with Crippen LogP contribution in [0, 0.1) is 0 Å². The number of hydrogen-bond donors (Lipinski definition) is 1. The number of amides is 1. The minimum atomic E-state index is -0.281. The molecule has 0 unspecified atom stereocenters. The summed E-state index contributed by atoms with van der Waals surface area (Å²) in [4.78, 5) is 12.5. The Hall–Kier alpha value is -2.84. The van der Waals surface area contributed by atoms with E-state index in [2.05, 4.69) is 20.7 Å². The van der Waals surface area contributed by atoms with Crippen molar-refractivity contribution in [3.8, 4) is 17.1 Å². The van der Waals surface area contributed by atoms with E-state index >= 15 is 0 Å². The first kappa shape index (κ1) is 24.3. The zero-order chi connectivity index (χ0) is 24.1. The second kappa shape index (κ2) is 11.1. The van der Waals surface area contributed by atoms with E-state index in [1.165, 1.54) is 11.8 Å². The van der Waals surface area contributed by atoms with Crippen molar-refractivity contribution in [2.75, 3.05) is 5.75 Å². The molecule has 172 valence electrons. The Morgan fingerprint density at radius 2 is 1.71 bits per heavy atom. The molecule has 0 aliphatic rings. The first-order chi connectivity index (χ1) is 16.4. The number of halogens is 3. The van der Waals surface area contributed by atoms with Gasteiger partial charge in [-0.2, -0.15) is 5.10 Å². The summed E-state index contributed by atoms with van der Waals surface area (Å²) in [7, 11) is 0. The molecule has 0 bridgehead atoms. The lowest BCUT2D eigenvalue weighted by Gasteiger charge is -2.10. The van der Waals surface area contributed by atoms with Crippen molar-refractivity contribution in [1.82, 2.24) is 20.2 Å². The van der Waals surface area contributed by atoms with Gasteiger partial charge in [-0.1, -0.05) is 83.0 Å². The molecule has 0 fully saturated rings. The summed E-state index contributed by atoms with van der Waals surface area (Å²) in [6.45, 7) is 1.77. The van der Waals surface area contributed by atoms with Crippen LogP contribution in [0.25, 0.3) is 17.1 Å². The molecule has 1 amide bonds. The molecule has 0 spiro atoms. The third-order valence-corrected chi connectivity index (χ3v) is 6.69. The smallest absolute Gasteiger partial charge is 0.250 e. The maximum Gasteiger partial charge on any atom is 0.250 e. The Balaban J connectivity index is 1.51. The molecule has 4 rings (SSSR count). The molecular weight excluding hydrogens is 513 g/mol. The minimum Gasteiger partial charge on any atom is -0.272 e. The lowest BCUT2D eigenvalue weighted by Crippen LogP contribution is -2.21. The Kier molecular flexibility index (Phi) is 7.90. The van der Waals surface area contributed by atoms with Crippen molar-refractivity contribution in [3.05, 3.63) is 93.4 Å². The van der Waals surface area contributed by atoms with Crippen molar-refractivity contribution >= 4 is 58.2 Å². The molecule has 6 nitrogen and oxygen atoms in total. The molecule has 10 heteroatoms. The third-order valence-electron chi connectivity index (χ3n) is 4.77. The number of nitrogens with one attached hydrogen (secondary N) is 1. The highest BCUT2D eigenvalue weighted by Crippen LogP contribution is 2.28. The number of carbonyl (C=O) groups is 1. The van der Waals surface area contributed by atoms with E-state index in [1.54, 1.807) is 37.3 Å². The van der Waals surface area contributed by atoms with Gasteiger partial charge in [0.2, 0.25) is 0 Å². The average Bonchev–Trinajstić information content (AvgIpc) is 3.28. The van der Waals surface area contributed by atoms with Gasteiger partial charge in [-0.25, -0.2) is 5.43 Å². The van der Waals surface area contributed by atoms with Gasteiger partial charge < -0.3 is 0 Å². The van der Waals surface area contributed by atoms with E-state index < -0.39 is 0 Å². The minimum absolute atomic E-state index is 0.0959. The second-order valence-electron chi connectivity index (χ2n) is 7.13. The van der Waals surface area contributed by atoms with E-state index in [4.69, 9.17) is 34.8 Å². The fraction of sp³-hybridized carbons (Fsp3) is 0.0833. The molecule has 1 N–H and O–H groups in total. The van der Waals surface area contributed by atoms with Gasteiger partial charge in [0.25, 0.3) is 5.91 Å². The van der Waals surface area contributed by atoms with Crippen molar-refractivity contribution < 1.29 is 4.79 Å². The molecule has 0 saturated carbocycles. The summed E-state index contributed by atoms with van der Waals surface area (Å²) in [6, 6.07) is 22.3. The van der Waals surface area contributed by atoms with Crippen LogP contribution >= 0.6 is 46.6 Å². The summed E-state index contributed by atoms with van der Waals surface area (Å²) >= 11 is 19.3. The van der Waals surface area contributed by atoms with E-state index in [-0.39, 0.29) is 11.7 Å². The number of rotatable bonds is 7. The molecule has 3 aromatic carbocycles. The fourth-order valence-electron chi connectivity index (χ4n) is 3.05. The van der Waals surface area contributed by atoms with Crippen molar-refractivity contribution in [1.29, 1.82) is 0 Å². The number of nitrogens with zero attached hydrogens (tertiary/aromatic N) is 4. The lowest BCUT2D eigenvalue weighted by atomic mass is 10.1. The summed E-state index contributed by atoms with van der Waals surface area (Å²) < 4.78 is 1.90. The van der Waals surface area contributed by atoms with Gasteiger partial charge in [0.15, 0.2) is 11.0 Å². The van der Waals surface area contributed by atoms with Crippen LogP contribution in [0.2, 0.25) is 15.1 Å². The molecule has 0 aliphatic carbocycles. The van der Waals surface area contributed by atoms with E-state index in [1.807, 2.05) is 47.0 Å². The van der Waals surface area contributed by atoms with Gasteiger partial charge >= 0.3 is 0 Å². The highest BCUT2D eigenvalue weighted by molar-refractivity contribution is 7.99. The van der Waals surface area contributed by atoms with Crippen molar-refractivity contribution in [2.45, 2.75) is 12.1 Å². The highest BCUT2D eigenvalue weighted by atomic mass is 35.5. The van der Waals surface area contributed by atoms with Crippen LogP contribution in [-0.2, 0) is 4.79 Å². The van der Waals surface area contributed by atoms with Crippen molar-refractivity contribution in [3.63, 3.8) is 0 Å². The van der Waals surface area contributed by atoms with Gasteiger partial charge in [0, 0.05) is 16.3 Å². The Bertz CT molecular complexity index is 1340. The molecule has 0 saturated heterocycles. The van der Waals surface area contributed by atoms with Crippen LogP contribution in [0.4, 0.5) is 0 Å². The zero-order valence-electron chi connectivity index (χ0n) is 17.9. The molecule has 0 radical (unpaired) electrons. The predicted molar refractivity (Wildman–Crippen MR) is 139 cm³/mol. The molecule has 4 aromatic rings. The number of carbonyl (C=O) groups excluding carboxylic acids is 1. The number of benzene rings is 3. The zero-order valence-corrected chi connectivity index (χ0v) is 21.0. The van der Waals surface area contributed by atoms with Gasteiger partial charge in [-0.15, -0.1) is 10.2 Å². The monoisotopic (exact) mass is 529 g/mol. The SMILES string of the molecule is CC(=NNC(=O)CSc1nnc(-c2ccccc2)n1-c1ccc(Cl)cc1)c1ccc(Cl)c(Cl)c1. The average molecular weight is 531 g/mol. The quantitative estimate of drug-likeness (QED) is 0.168. The number of aromatic nitrogens is 3. The van der Waals surface area contributed by atoms with Gasteiger partial charge in [-0.05, 0) is 48.9 Å². The Morgan fingerprint density at radius 1 is 0.971 bits per heavy atom. The van der Waals surface area contributed by atoms with Crippen LogP contribution in [0.1, 0.15) is 12.5 Å². The standard InChI is InChI=1S/C24H18Cl3N5OS/c1-15(17-7-12-20(26)21(27)13-17)28-29-22(33)14-34-24-31-30-23(16-5-3-2-4-6-16)32(24)19-10-8-18(25)9-11-19/h2-13H,14H2,1H3,(H,29,33). The molecule has 0 atom stereocenters. The molecule has 34 heavy (non-hydrogen) atoms. The first-order valence-electron chi connectivity index (χ1n) is 10.1. The van der Waals surface area contributed by atoms with E-state index in [9.17, 15) is 4.79 Å². The second-order valence-corrected chi connectivity index (χ2v) is 9.33. The van der Waals surface area contributed by atoms with Crippen molar-refractivity contribution in [2.24, 2.45) is 5.10 Å². The highest BCUT2D eigenvalue weighted by Gasteiger charge is 2.17. The maximum absolute atomic E-state index is 12.5. The van der Waals surface area contributed by atoms with Crippen LogP contribution in [0.15, 0.2) is 83.1 Å². The number of hydrazone groups is 1. The van der Waals surface area contributed by atoms with E-state index in [0.29, 0.717) is 31.8 Å². The van der Waals surface area contributed by atoms with Gasteiger partial charge in [0.1, 0.15) is 0 Å². The summed E-state index contributed by atoms with van der Waals surface area (Å²) in [5, 5.41) is 14.9. The number of thioether (sulfide) groups is 1. The summed E-state index contributed by atoms with van der Waals surface area (Å²) in [6.07, 6.45) is 0. The molecule has 0 aliphatic heterocycles. The van der Waals surface area contributed by atoms with Crippen LogP contribution in [0.5, 0.6) is 0 Å². The topological polar surface area (TPSA) is 72.2 Å². The first-order valence-corrected chi connectivity index (χ1v) is 12.2. The number of hydrogen-bond acceptors (Lipinski definition) is 5. The Labute approximate surface area is 215 Å².